The maximum atomic E-state index is 9.74. The lowest BCUT2D eigenvalue weighted by atomic mass is 10.0. The normalized spacial score (nSPS) is 14.5. The van der Waals surface area contributed by atoms with Crippen molar-refractivity contribution in [2.24, 2.45) is 0 Å². The van der Waals surface area contributed by atoms with Gasteiger partial charge in [-0.3, -0.25) is 0 Å². The third-order valence-corrected chi connectivity index (χ3v) is 4.71. The van der Waals surface area contributed by atoms with E-state index in [2.05, 4.69) is 34.6 Å². The van der Waals surface area contributed by atoms with E-state index in [-0.39, 0.29) is 12.6 Å². The number of H-pyrrole nitrogens is 1. The van der Waals surface area contributed by atoms with Gasteiger partial charge in [0.1, 0.15) is 5.75 Å². The Morgan fingerprint density at radius 3 is 3.04 bits per heavy atom. The summed E-state index contributed by atoms with van der Waals surface area (Å²) < 4.78 is 5.55. The molecule has 4 rings (SSSR count). The quantitative estimate of drug-likeness (QED) is 0.654. The highest BCUT2D eigenvalue weighted by Gasteiger charge is 2.14. The Labute approximate surface area is 141 Å². The van der Waals surface area contributed by atoms with Crippen LogP contribution >= 0.6 is 0 Å². The minimum absolute atomic E-state index is 0.0358. The van der Waals surface area contributed by atoms with Gasteiger partial charge < -0.3 is 20.1 Å². The van der Waals surface area contributed by atoms with Crippen molar-refractivity contribution in [3.8, 4) is 5.75 Å². The first kappa shape index (κ1) is 15.2. The number of fused-ring (bicyclic) bond motifs is 2. The molecule has 4 nitrogen and oxygen atoms in total. The summed E-state index contributed by atoms with van der Waals surface area (Å²) in [6.45, 7) is 1.65. The van der Waals surface area contributed by atoms with Crippen LogP contribution in [0.2, 0.25) is 0 Å². The zero-order valence-electron chi connectivity index (χ0n) is 13.6. The molecule has 3 aromatic rings. The lowest BCUT2D eigenvalue weighted by Crippen LogP contribution is -2.34. The summed E-state index contributed by atoms with van der Waals surface area (Å²) in [5, 5.41) is 14.4. The molecule has 124 valence electrons. The van der Waals surface area contributed by atoms with Crippen molar-refractivity contribution in [2.75, 3.05) is 13.2 Å². The molecule has 0 saturated carbocycles. The van der Waals surface area contributed by atoms with Gasteiger partial charge in [-0.05, 0) is 35.2 Å². The first-order chi connectivity index (χ1) is 11.8. The number of aromatic nitrogens is 1. The lowest BCUT2D eigenvalue weighted by molar-refractivity contribution is 0.241. The number of nitrogens with one attached hydrogen (secondary N) is 2. The topological polar surface area (TPSA) is 57.3 Å². The van der Waals surface area contributed by atoms with Gasteiger partial charge in [0.2, 0.25) is 0 Å². The molecule has 4 heteroatoms. The molecule has 2 aromatic carbocycles. The maximum absolute atomic E-state index is 9.74. The molecule has 3 N–H and O–H groups in total. The maximum Gasteiger partial charge on any atom is 0.122 e. The fraction of sp³-hybridized carbons (Fsp3) is 0.300. The molecule has 1 atom stereocenters. The standard InChI is InChI=1S/C20H22N2O2/c23-13-17(10-16-12-22-19-4-2-1-3-18(16)19)21-11-14-5-6-20-15(9-14)7-8-24-20/h1-6,9,12,17,21-23H,7-8,10-11,13H2/t17-/m1/s1. The number of aromatic amines is 1. The van der Waals surface area contributed by atoms with Crippen molar-refractivity contribution in [3.05, 3.63) is 65.4 Å². The van der Waals surface area contributed by atoms with E-state index in [1.54, 1.807) is 0 Å². The van der Waals surface area contributed by atoms with Crippen molar-refractivity contribution in [3.63, 3.8) is 0 Å². The zero-order chi connectivity index (χ0) is 16.4. The van der Waals surface area contributed by atoms with Crippen LogP contribution in [0.4, 0.5) is 0 Å². The molecule has 0 bridgehead atoms. The number of rotatable bonds is 6. The average Bonchev–Trinajstić information content (AvgIpc) is 3.25. The highest BCUT2D eigenvalue weighted by atomic mass is 16.5. The van der Waals surface area contributed by atoms with Crippen molar-refractivity contribution < 1.29 is 9.84 Å². The molecule has 0 radical (unpaired) electrons. The van der Waals surface area contributed by atoms with Crippen LogP contribution in [0.5, 0.6) is 5.75 Å². The summed E-state index contributed by atoms with van der Waals surface area (Å²) in [6.07, 6.45) is 3.83. The van der Waals surface area contributed by atoms with E-state index >= 15 is 0 Å². The van der Waals surface area contributed by atoms with Gasteiger partial charge in [-0.25, -0.2) is 0 Å². The minimum atomic E-state index is 0.0358. The molecule has 0 saturated heterocycles. The van der Waals surface area contributed by atoms with E-state index in [0.29, 0.717) is 0 Å². The van der Waals surface area contributed by atoms with Crippen molar-refractivity contribution in [1.82, 2.24) is 10.3 Å². The summed E-state index contributed by atoms with van der Waals surface area (Å²) in [5.74, 6) is 1.01. The smallest absolute Gasteiger partial charge is 0.122 e. The van der Waals surface area contributed by atoms with Crippen molar-refractivity contribution in [1.29, 1.82) is 0 Å². The third kappa shape index (κ3) is 3.03. The molecule has 0 aliphatic carbocycles. The fourth-order valence-electron chi connectivity index (χ4n) is 3.38. The second kappa shape index (κ2) is 6.67. The van der Waals surface area contributed by atoms with Gasteiger partial charge in [0.25, 0.3) is 0 Å². The Morgan fingerprint density at radius 2 is 2.12 bits per heavy atom. The number of benzene rings is 2. The molecule has 0 unspecified atom stereocenters. The molecule has 2 heterocycles. The number of hydrogen-bond donors (Lipinski definition) is 3. The van der Waals surface area contributed by atoms with E-state index in [0.717, 1.165) is 37.3 Å². The number of para-hydroxylation sites is 1. The first-order valence-electron chi connectivity index (χ1n) is 8.47. The Morgan fingerprint density at radius 1 is 1.21 bits per heavy atom. The van der Waals surface area contributed by atoms with Gasteiger partial charge in [0, 0.05) is 36.1 Å². The second-order valence-corrected chi connectivity index (χ2v) is 6.36. The molecular weight excluding hydrogens is 300 g/mol. The Bertz CT molecular complexity index is 841. The molecule has 0 fully saturated rings. The van der Waals surface area contributed by atoms with Gasteiger partial charge in [-0.2, -0.15) is 0 Å². The molecule has 1 aliphatic heterocycles. The van der Waals surface area contributed by atoms with Crippen LogP contribution in [0.3, 0.4) is 0 Å². The van der Waals surface area contributed by atoms with Gasteiger partial charge in [0.15, 0.2) is 0 Å². The monoisotopic (exact) mass is 322 g/mol. The minimum Gasteiger partial charge on any atom is -0.493 e. The lowest BCUT2D eigenvalue weighted by Gasteiger charge is -2.16. The van der Waals surface area contributed by atoms with Gasteiger partial charge in [-0.15, -0.1) is 0 Å². The molecular formula is C20H22N2O2. The van der Waals surface area contributed by atoms with Crippen LogP contribution in [0.1, 0.15) is 16.7 Å². The molecule has 0 spiro atoms. The van der Waals surface area contributed by atoms with Crippen molar-refractivity contribution in [2.45, 2.75) is 25.4 Å². The SMILES string of the molecule is OC[C@@H](Cc1c[nH]c2ccccc12)NCc1ccc2c(c1)CCO2. The molecule has 0 amide bonds. The second-order valence-electron chi connectivity index (χ2n) is 6.36. The van der Waals surface area contributed by atoms with Crippen LogP contribution in [0.25, 0.3) is 10.9 Å². The van der Waals surface area contributed by atoms with E-state index in [1.165, 1.54) is 22.1 Å². The molecule has 1 aliphatic rings. The van der Waals surface area contributed by atoms with Crippen LogP contribution in [0.15, 0.2) is 48.7 Å². The predicted molar refractivity (Wildman–Crippen MR) is 95.4 cm³/mol. The summed E-state index contributed by atoms with van der Waals surface area (Å²) in [4.78, 5) is 3.30. The average molecular weight is 322 g/mol. The van der Waals surface area contributed by atoms with Crippen LogP contribution < -0.4 is 10.1 Å². The van der Waals surface area contributed by atoms with E-state index in [1.807, 2.05) is 24.4 Å². The molecule has 1 aromatic heterocycles. The van der Waals surface area contributed by atoms with E-state index in [4.69, 9.17) is 4.74 Å². The van der Waals surface area contributed by atoms with Crippen LogP contribution in [0, 0.1) is 0 Å². The van der Waals surface area contributed by atoms with Crippen molar-refractivity contribution >= 4 is 10.9 Å². The van der Waals surface area contributed by atoms with Crippen LogP contribution in [-0.4, -0.2) is 29.3 Å². The van der Waals surface area contributed by atoms with Gasteiger partial charge in [-0.1, -0.05) is 30.3 Å². The third-order valence-electron chi connectivity index (χ3n) is 4.71. The Hall–Kier alpha value is -2.30. The number of hydrogen-bond acceptors (Lipinski definition) is 3. The molecule has 24 heavy (non-hydrogen) atoms. The number of aliphatic hydroxyl groups is 1. The first-order valence-corrected chi connectivity index (χ1v) is 8.47. The number of ether oxygens (including phenoxy) is 1. The summed E-state index contributed by atoms with van der Waals surface area (Å²) >= 11 is 0. The zero-order valence-corrected chi connectivity index (χ0v) is 13.6. The van der Waals surface area contributed by atoms with E-state index in [9.17, 15) is 5.11 Å². The summed E-state index contributed by atoms with van der Waals surface area (Å²) in [6, 6.07) is 14.7. The summed E-state index contributed by atoms with van der Waals surface area (Å²) in [7, 11) is 0. The van der Waals surface area contributed by atoms with Gasteiger partial charge in [0.05, 0.1) is 13.2 Å². The van der Waals surface area contributed by atoms with E-state index < -0.39 is 0 Å². The Kier molecular flexibility index (Phi) is 4.24. The largest absolute Gasteiger partial charge is 0.493 e. The summed E-state index contributed by atoms with van der Waals surface area (Å²) in [5.41, 5.74) is 4.89. The number of aliphatic hydroxyl groups excluding tert-OH is 1. The fourth-order valence-corrected chi connectivity index (χ4v) is 3.38. The van der Waals surface area contributed by atoms with Crippen LogP contribution in [-0.2, 0) is 19.4 Å². The van der Waals surface area contributed by atoms with Gasteiger partial charge >= 0.3 is 0 Å². The highest BCUT2D eigenvalue weighted by Crippen LogP contribution is 2.26. The predicted octanol–water partition coefficient (Wildman–Crippen LogP) is 2.80. The Balaban J connectivity index is 1.43. The highest BCUT2D eigenvalue weighted by molar-refractivity contribution is 5.83.